The van der Waals surface area contributed by atoms with Crippen LogP contribution in [0.15, 0.2) is 54.6 Å². The second-order valence-corrected chi connectivity index (χ2v) is 4.98. The van der Waals surface area contributed by atoms with Crippen LogP contribution < -0.4 is 4.74 Å². The third-order valence-corrected chi connectivity index (χ3v) is 3.57. The van der Waals surface area contributed by atoms with Crippen LogP contribution in [-0.2, 0) is 6.42 Å². The Morgan fingerprint density at radius 3 is 2.42 bits per heavy atom. The fourth-order valence-corrected chi connectivity index (χ4v) is 2.37. The average molecular weight is 275 g/mol. The van der Waals surface area contributed by atoms with E-state index in [1.54, 1.807) is 0 Å². The summed E-state index contributed by atoms with van der Waals surface area (Å²) in [4.78, 5) is 0. The van der Waals surface area contributed by atoms with E-state index in [1.807, 2.05) is 43.3 Å². The highest BCUT2D eigenvalue weighted by molar-refractivity contribution is 6.20. The molecule has 0 aliphatic carbocycles. The second-order valence-electron chi connectivity index (χ2n) is 4.46. The first kappa shape index (κ1) is 14.0. The van der Waals surface area contributed by atoms with Crippen molar-refractivity contribution in [3.05, 3.63) is 65.7 Å². The Bertz CT molecular complexity index is 496. The van der Waals surface area contributed by atoms with Gasteiger partial charge in [0.2, 0.25) is 0 Å². The molecule has 0 fully saturated rings. The molecule has 0 saturated heterocycles. The van der Waals surface area contributed by atoms with E-state index in [-0.39, 0.29) is 5.38 Å². The lowest BCUT2D eigenvalue weighted by molar-refractivity contribution is 0.336. The van der Waals surface area contributed by atoms with E-state index >= 15 is 0 Å². The fourth-order valence-electron chi connectivity index (χ4n) is 2.12. The summed E-state index contributed by atoms with van der Waals surface area (Å²) in [5.41, 5.74) is 2.41. The SMILES string of the molecule is CCOc1ccccc1CCC(Cl)c1ccccc1. The van der Waals surface area contributed by atoms with Crippen LogP contribution in [0.2, 0.25) is 0 Å². The lowest BCUT2D eigenvalue weighted by Crippen LogP contribution is -1.99. The molecule has 19 heavy (non-hydrogen) atoms. The molecule has 0 heterocycles. The molecule has 0 saturated carbocycles. The summed E-state index contributed by atoms with van der Waals surface area (Å²) >= 11 is 6.44. The largest absolute Gasteiger partial charge is 0.494 e. The van der Waals surface area contributed by atoms with Gasteiger partial charge in [0.1, 0.15) is 5.75 Å². The zero-order chi connectivity index (χ0) is 13.5. The molecular formula is C17H19ClO. The molecule has 2 heteroatoms. The van der Waals surface area contributed by atoms with E-state index in [0.29, 0.717) is 6.61 Å². The molecule has 0 aliphatic heterocycles. The van der Waals surface area contributed by atoms with Gasteiger partial charge < -0.3 is 4.74 Å². The number of benzene rings is 2. The molecule has 0 bridgehead atoms. The Hall–Kier alpha value is -1.47. The van der Waals surface area contributed by atoms with E-state index in [1.165, 1.54) is 11.1 Å². The maximum Gasteiger partial charge on any atom is 0.122 e. The Labute approximate surface area is 120 Å². The number of rotatable bonds is 6. The minimum Gasteiger partial charge on any atom is -0.494 e. The van der Waals surface area contributed by atoms with Crippen LogP contribution in [0.1, 0.15) is 29.8 Å². The van der Waals surface area contributed by atoms with Gasteiger partial charge in [-0.15, -0.1) is 11.6 Å². The molecule has 0 radical (unpaired) electrons. The third kappa shape index (κ3) is 4.00. The lowest BCUT2D eigenvalue weighted by Gasteiger charge is -2.12. The molecule has 2 rings (SSSR count). The number of hydrogen-bond donors (Lipinski definition) is 0. The number of ether oxygens (including phenoxy) is 1. The molecule has 0 aromatic heterocycles. The summed E-state index contributed by atoms with van der Waals surface area (Å²) in [7, 11) is 0. The van der Waals surface area contributed by atoms with Crippen LogP contribution in [0.3, 0.4) is 0 Å². The first-order chi connectivity index (χ1) is 9.31. The maximum atomic E-state index is 6.44. The van der Waals surface area contributed by atoms with E-state index in [2.05, 4.69) is 18.2 Å². The topological polar surface area (TPSA) is 9.23 Å². The molecule has 1 nitrogen and oxygen atoms in total. The summed E-state index contributed by atoms with van der Waals surface area (Å²) in [6.45, 7) is 2.70. The third-order valence-electron chi connectivity index (χ3n) is 3.10. The molecule has 0 N–H and O–H groups in total. The van der Waals surface area contributed by atoms with Gasteiger partial charge in [0.15, 0.2) is 0 Å². The van der Waals surface area contributed by atoms with Gasteiger partial charge in [-0.3, -0.25) is 0 Å². The maximum absolute atomic E-state index is 6.44. The van der Waals surface area contributed by atoms with Crippen molar-refractivity contribution < 1.29 is 4.74 Å². The minimum atomic E-state index is 0.0517. The summed E-state index contributed by atoms with van der Waals surface area (Å²) in [5.74, 6) is 0.974. The second kappa shape index (κ2) is 7.20. The van der Waals surface area contributed by atoms with Gasteiger partial charge in [0, 0.05) is 0 Å². The Balaban J connectivity index is 1.99. The Kier molecular flexibility index (Phi) is 5.29. The van der Waals surface area contributed by atoms with Crippen LogP contribution >= 0.6 is 11.6 Å². The molecule has 0 aliphatic rings. The van der Waals surface area contributed by atoms with Crippen molar-refractivity contribution in [3.63, 3.8) is 0 Å². The lowest BCUT2D eigenvalue weighted by atomic mass is 10.0. The van der Waals surface area contributed by atoms with Crippen LogP contribution in [0.5, 0.6) is 5.75 Å². The fraction of sp³-hybridized carbons (Fsp3) is 0.294. The average Bonchev–Trinajstić information content (AvgIpc) is 2.47. The molecule has 0 amide bonds. The van der Waals surface area contributed by atoms with Crippen molar-refractivity contribution in [1.82, 2.24) is 0 Å². The van der Waals surface area contributed by atoms with Gasteiger partial charge in [0.05, 0.1) is 12.0 Å². The first-order valence-corrected chi connectivity index (χ1v) is 7.14. The standard InChI is InChI=1S/C17H19ClO/c1-2-19-17-11-7-6-10-15(17)12-13-16(18)14-8-4-3-5-9-14/h3-11,16H,2,12-13H2,1H3. The molecule has 100 valence electrons. The molecule has 2 aromatic rings. The van der Waals surface area contributed by atoms with E-state index in [4.69, 9.17) is 16.3 Å². The van der Waals surface area contributed by atoms with Gasteiger partial charge in [0.25, 0.3) is 0 Å². The van der Waals surface area contributed by atoms with Gasteiger partial charge in [-0.05, 0) is 37.0 Å². The van der Waals surface area contributed by atoms with Gasteiger partial charge in [-0.1, -0.05) is 48.5 Å². The predicted octanol–water partition coefficient (Wildman–Crippen LogP) is 5.00. The van der Waals surface area contributed by atoms with Crippen LogP contribution in [0, 0.1) is 0 Å². The number of alkyl halides is 1. The summed E-state index contributed by atoms with van der Waals surface area (Å²) in [6, 6.07) is 18.4. The van der Waals surface area contributed by atoms with Gasteiger partial charge in [-0.25, -0.2) is 0 Å². The monoisotopic (exact) mass is 274 g/mol. The Morgan fingerprint density at radius 2 is 1.68 bits per heavy atom. The predicted molar refractivity (Wildman–Crippen MR) is 81.0 cm³/mol. The first-order valence-electron chi connectivity index (χ1n) is 6.71. The highest BCUT2D eigenvalue weighted by Crippen LogP contribution is 2.28. The van der Waals surface area contributed by atoms with Gasteiger partial charge in [-0.2, -0.15) is 0 Å². The molecule has 0 spiro atoms. The highest BCUT2D eigenvalue weighted by Gasteiger charge is 2.09. The van der Waals surface area contributed by atoms with Crippen LogP contribution in [0.4, 0.5) is 0 Å². The Morgan fingerprint density at radius 1 is 1.00 bits per heavy atom. The molecular weight excluding hydrogens is 256 g/mol. The number of aryl methyl sites for hydroxylation is 1. The molecule has 1 unspecified atom stereocenters. The molecule has 1 atom stereocenters. The van der Waals surface area contributed by atoms with Crippen molar-refractivity contribution in [2.24, 2.45) is 0 Å². The quantitative estimate of drug-likeness (QED) is 0.674. The number of para-hydroxylation sites is 1. The van der Waals surface area contributed by atoms with Crippen LogP contribution in [0.25, 0.3) is 0 Å². The van der Waals surface area contributed by atoms with E-state index in [0.717, 1.165) is 18.6 Å². The summed E-state index contributed by atoms with van der Waals surface area (Å²) in [6.07, 6.45) is 1.84. The smallest absolute Gasteiger partial charge is 0.122 e. The van der Waals surface area contributed by atoms with Gasteiger partial charge >= 0.3 is 0 Å². The van der Waals surface area contributed by atoms with Crippen LogP contribution in [-0.4, -0.2) is 6.61 Å². The summed E-state index contributed by atoms with van der Waals surface area (Å²) < 4.78 is 5.63. The van der Waals surface area contributed by atoms with Crippen molar-refractivity contribution >= 4 is 11.6 Å². The zero-order valence-corrected chi connectivity index (χ0v) is 11.9. The van der Waals surface area contributed by atoms with Crippen molar-refractivity contribution in [1.29, 1.82) is 0 Å². The molecule has 2 aromatic carbocycles. The highest BCUT2D eigenvalue weighted by atomic mass is 35.5. The van der Waals surface area contributed by atoms with Crippen molar-refractivity contribution in [2.75, 3.05) is 6.61 Å². The summed E-state index contributed by atoms with van der Waals surface area (Å²) in [5, 5.41) is 0.0517. The number of halogens is 1. The van der Waals surface area contributed by atoms with E-state index < -0.39 is 0 Å². The minimum absolute atomic E-state index is 0.0517. The van der Waals surface area contributed by atoms with Crippen molar-refractivity contribution in [3.8, 4) is 5.75 Å². The number of hydrogen-bond acceptors (Lipinski definition) is 1. The normalized spacial score (nSPS) is 12.1. The van der Waals surface area contributed by atoms with E-state index in [9.17, 15) is 0 Å². The van der Waals surface area contributed by atoms with Crippen molar-refractivity contribution in [2.45, 2.75) is 25.1 Å². The zero-order valence-electron chi connectivity index (χ0n) is 11.2.